The van der Waals surface area contributed by atoms with Crippen LogP contribution >= 0.6 is 0 Å². The predicted octanol–water partition coefficient (Wildman–Crippen LogP) is 1.35. The molecule has 0 fully saturated rings. The zero-order valence-corrected chi connectivity index (χ0v) is 13.0. The Labute approximate surface area is 137 Å². The van der Waals surface area contributed by atoms with Crippen LogP contribution in [0.25, 0.3) is 0 Å². The fourth-order valence-corrected chi connectivity index (χ4v) is 2.34. The fraction of sp³-hybridized carbons (Fsp3) is 0.333. The molecular formula is C15H17F2N7. The van der Waals surface area contributed by atoms with Crippen LogP contribution in [0.1, 0.15) is 5.56 Å². The lowest BCUT2D eigenvalue weighted by atomic mass is 10.2. The number of benzene rings is 1. The molecule has 0 amide bonds. The average molecular weight is 333 g/mol. The third-order valence-electron chi connectivity index (χ3n) is 3.63. The van der Waals surface area contributed by atoms with Gasteiger partial charge in [-0.15, -0.1) is 0 Å². The van der Waals surface area contributed by atoms with Gasteiger partial charge in [-0.3, -0.25) is 14.3 Å². The molecule has 0 N–H and O–H groups in total. The van der Waals surface area contributed by atoms with E-state index in [1.54, 1.807) is 22.0 Å². The smallest absolute Gasteiger partial charge is 0.137 e. The maximum absolute atomic E-state index is 13.9. The zero-order valence-electron chi connectivity index (χ0n) is 13.0. The molecular weight excluding hydrogens is 316 g/mol. The molecule has 0 saturated heterocycles. The molecule has 0 radical (unpaired) electrons. The summed E-state index contributed by atoms with van der Waals surface area (Å²) in [6.45, 7) is 2.92. The molecule has 7 nitrogen and oxygen atoms in total. The summed E-state index contributed by atoms with van der Waals surface area (Å²) in [6, 6.07) is 3.65. The molecule has 0 bridgehead atoms. The molecule has 0 saturated carbocycles. The van der Waals surface area contributed by atoms with Crippen LogP contribution in [0, 0.1) is 11.6 Å². The van der Waals surface area contributed by atoms with Crippen LogP contribution in [0.15, 0.2) is 43.5 Å². The summed E-state index contributed by atoms with van der Waals surface area (Å²) in [5.74, 6) is -1.12. The molecule has 0 spiro atoms. The van der Waals surface area contributed by atoms with Crippen molar-refractivity contribution < 1.29 is 8.78 Å². The van der Waals surface area contributed by atoms with Gasteiger partial charge in [0.05, 0.1) is 13.1 Å². The van der Waals surface area contributed by atoms with E-state index in [1.165, 1.54) is 24.8 Å². The van der Waals surface area contributed by atoms with E-state index >= 15 is 0 Å². The normalized spacial score (nSPS) is 11.3. The van der Waals surface area contributed by atoms with Crippen molar-refractivity contribution >= 4 is 0 Å². The highest BCUT2D eigenvalue weighted by molar-refractivity contribution is 5.18. The van der Waals surface area contributed by atoms with Gasteiger partial charge in [0, 0.05) is 31.3 Å². The standard InChI is InChI=1S/C15H17F2N7/c16-14-2-1-13(15(17)7-14)8-22(3-5-23-11-18-9-20-23)4-6-24-12-19-10-21-24/h1-2,7,9-12H,3-6,8H2. The van der Waals surface area contributed by atoms with Crippen LogP contribution in [-0.4, -0.2) is 47.5 Å². The Kier molecular flexibility index (Phi) is 5.22. The van der Waals surface area contributed by atoms with Gasteiger partial charge < -0.3 is 0 Å². The van der Waals surface area contributed by atoms with Gasteiger partial charge in [0.2, 0.25) is 0 Å². The van der Waals surface area contributed by atoms with Gasteiger partial charge >= 0.3 is 0 Å². The number of nitrogens with zero attached hydrogens (tertiary/aromatic N) is 7. The van der Waals surface area contributed by atoms with Crippen molar-refractivity contribution in [2.75, 3.05) is 13.1 Å². The van der Waals surface area contributed by atoms with Crippen molar-refractivity contribution in [2.45, 2.75) is 19.6 Å². The van der Waals surface area contributed by atoms with E-state index in [4.69, 9.17) is 0 Å². The molecule has 9 heteroatoms. The predicted molar refractivity (Wildman–Crippen MR) is 81.7 cm³/mol. The molecule has 3 rings (SSSR count). The topological polar surface area (TPSA) is 64.7 Å². The first-order valence-corrected chi connectivity index (χ1v) is 7.52. The minimum absolute atomic E-state index is 0.371. The Morgan fingerprint density at radius 1 is 0.917 bits per heavy atom. The Bertz CT molecular complexity index is 705. The van der Waals surface area contributed by atoms with Crippen molar-refractivity contribution in [3.63, 3.8) is 0 Å². The van der Waals surface area contributed by atoms with Crippen molar-refractivity contribution in [1.82, 2.24) is 34.4 Å². The molecule has 0 unspecified atom stereocenters. The van der Waals surface area contributed by atoms with Crippen LogP contribution < -0.4 is 0 Å². The maximum atomic E-state index is 13.9. The monoisotopic (exact) mass is 333 g/mol. The number of hydrogen-bond donors (Lipinski definition) is 0. The summed E-state index contributed by atoms with van der Waals surface area (Å²) in [6.07, 6.45) is 6.21. The van der Waals surface area contributed by atoms with E-state index in [2.05, 4.69) is 25.1 Å². The zero-order chi connectivity index (χ0) is 16.8. The molecule has 24 heavy (non-hydrogen) atoms. The molecule has 2 heterocycles. The molecule has 0 aliphatic carbocycles. The molecule has 0 aliphatic rings. The van der Waals surface area contributed by atoms with Crippen molar-refractivity contribution in [3.05, 3.63) is 60.7 Å². The molecule has 0 aliphatic heterocycles. The third kappa shape index (κ3) is 4.42. The van der Waals surface area contributed by atoms with Crippen LogP contribution in [0.5, 0.6) is 0 Å². The first-order chi connectivity index (χ1) is 11.7. The second kappa shape index (κ2) is 7.73. The fourth-order valence-electron chi connectivity index (χ4n) is 2.34. The summed E-state index contributed by atoms with van der Waals surface area (Å²) in [5, 5.41) is 8.12. The summed E-state index contributed by atoms with van der Waals surface area (Å²) in [4.78, 5) is 9.86. The van der Waals surface area contributed by atoms with Crippen LogP contribution in [-0.2, 0) is 19.6 Å². The minimum atomic E-state index is -0.576. The van der Waals surface area contributed by atoms with E-state index in [9.17, 15) is 8.78 Å². The van der Waals surface area contributed by atoms with Gasteiger partial charge in [-0.05, 0) is 6.07 Å². The summed E-state index contributed by atoms with van der Waals surface area (Å²) in [7, 11) is 0. The third-order valence-corrected chi connectivity index (χ3v) is 3.63. The number of aromatic nitrogens is 6. The van der Waals surface area contributed by atoms with Gasteiger partial charge in [-0.25, -0.2) is 18.7 Å². The number of hydrogen-bond acceptors (Lipinski definition) is 5. The molecule has 0 atom stereocenters. The van der Waals surface area contributed by atoms with Crippen molar-refractivity contribution in [2.24, 2.45) is 0 Å². The lowest BCUT2D eigenvalue weighted by Crippen LogP contribution is -2.31. The van der Waals surface area contributed by atoms with E-state index < -0.39 is 11.6 Å². The number of rotatable bonds is 8. The van der Waals surface area contributed by atoms with Crippen molar-refractivity contribution in [3.8, 4) is 0 Å². The molecule has 1 aromatic carbocycles. The van der Waals surface area contributed by atoms with Gasteiger partial charge in [0.15, 0.2) is 0 Å². The van der Waals surface area contributed by atoms with Crippen LogP contribution in [0.2, 0.25) is 0 Å². The van der Waals surface area contributed by atoms with E-state index in [0.29, 0.717) is 38.3 Å². The summed E-state index contributed by atoms with van der Waals surface area (Å²) < 4.78 is 30.4. The number of halogens is 2. The van der Waals surface area contributed by atoms with Crippen molar-refractivity contribution in [1.29, 1.82) is 0 Å². The second-order valence-corrected chi connectivity index (χ2v) is 5.33. The maximum Gasteiger partial charge on any atom is 0.137 e. The summed E-state index contributed by atoms with van der Waals surface area (Å²) >= 11 is 0. The first kappa shape index (κ1) is 16.2. The minimum Gasteiger partial charge on any atom is -0.295 e. The highest BCUT2D eigenvalue weighted by Crippen LogP contribution is 2.12. The highest BCUT2D eigenvalue weighted by atomic mass is 19.1. The summed E-state index contributed by atoms with van der Waals surface area (Å²) in [5.41, 5.74) is 0.452. The van der Waals surface area contributed by atoms with E-state index in [-0.39, 0.29) is 0 Å². The molecule has 2 aromatic heterocycles. The SMILES string of the molecule is Fc1ccc(CN(CCn2cncn2)CCn2cncn2)c(F)c1. The first-order valence-electron chi connectivity index (χ1n) is 7.52. The van der Waals surface area contributed by atoms with Crippen LogP contribution in [0.3, 0.4) is 0 Å². The Morgan fingerprint density at radius 3 is 2.04 bits per heavy atom. The Balaban J connectivity index is 1.65. The lowest BCUT2D eigenvalue weighted by Gasteiger charge is -2.22. The van der Waals surface area contributed by atoms with Gasteiger partial charge in [-0.2, -0.15) is 10.2 Å². The van der Waals surface area contributed by atoms with E-state index in [0.717, 1.165) is 6.07 Å². The largest absolute Gasteiger partial charge is 0.295 e. The molecule has 126 valence electrons. The quantitative estimate of drug-likeness (QED) is 0.623. The Morgan fingerprint density at radius 2 is 1.54 bits per heavy atom. The van der Waals surface area contributed by atoms with Gasteiger partial charge in [-0.1, -0.05) is 6.07 Å². The van der Waals surface area contributed by atoms with E-state index in [1.807, 2.05) is 0 Å². The van der Waals surface area contributed by atoms with Crippen LogP contribution in [0.4, 0.5) is 8.78 Å². The highest BCUT2D eigenvalue weighted by Gasteiger charge is 2.11. The lowest BCUT2D eigenvalue weighted by molar-refractivity contribution is 0.234. The van der Waals surface area contributed by atoms with Gasteiger partial charge in [0.25, 0.3) is 0 Å². The second-order valence-electron chi connectivity index (χ2n) is 5.33. The Hall–Kier alpha value is -2.68. The van der Waals surface area contributed by atoms with Gasteiger partial charge in [0.1, 0.15) is 36.9 Å². The average Bonchev–Trinajstić information content (AvgIpc) is 3.26. The molecule has 3 aromatic rings.